The van der Waals surface area contributed by atoms with Crippen molar-refractivity contribution in [2.45, 2.75) is 20.0 Å². The molecule has 0 amide bonds. The summed E-state index contributed by atoms with van der Waals surface area (Å²) in [6.07, 6.45) is 1.14. The lowest BCUT2D eigenvalue weighted by Gasteiger charge is -2.35. The van der Waals surface area contributed by atoms with Crippen molar-refractivity contribution in [2.24, 2.45) is 5.92 Å². The smallest absolute Gasteiger partial charge is 0.0692 e. The maximum atomic E-state index is 9.28. The summed E-state index contributed by atoms with van der Waals surface area (Å²) < 4.78 is 0.966. The third-order valence-electron chi connectivity index (χ3n) is 3.86. The Labute approximate surface area is 128 Å². The van der Waals surface area contributed by atoms with E-state index in [0.717, 1.165) is 23.0 Å². The fourth-order valence-electron chi connectivity index (χ4n) is 2.87. The lowest BCUT2D eigenvalue weighted by atomic mass is 9.93. The van der Waals surface area contributed by atoms with Crippen LogP contribution in [0.2, 0.25) is 0 Å². The average Bonchev–Trinajstić information content (AvgIpc) is 2.46. The summed E-state index contributed by atoms with van der Waals surface area (Å²) in [6.45, 7) is 3.38. The summed E-state index contributed by atoms with van der Waals surface area (Å²) in [5.41, 5.74) is 4.81. The van der Waals surface area contributed by atoms with Gasteiger partial charge in [-0.3, -0.25) is 0 Å². The van der Waals surface area contributed by atoms with E-state index in [2.05, 4.69) is 64.2 Å². The van der Waals surface area contributed by atoms with E-state index in [1.54, 1.807) is 0 Å². The van der Waals surface area contributed by atoms with Crippen molar-refractivity contribution in [1.29, 1.82) is 0 Å². The van der Waals surface area contributed by atoms with E-state index >= 15 is 0 Å². The molecule has 1 aliphatic rings. The van der Waals surface area contributed by atoms with Crippen LogP contribution in [0.3, 0.4) is 0 Å². The topological polar surface area (TPSA) is 23.5 Å². The van der Waals surface area contributed by atoms with E-state index in [4.69, 9.17) is 0 Å². The zero-order chi connectivity index (χ0) is 14.1. The summed E-state index contributed by atoms with van der Waals surface area (Å²) >= 11 is 3.54. The van der Waals surface area contributed by atoms with Crippen LogP contribution in [-0.4, -0.2) is 11.7 Å². The van der Waals surface area contributed by atoms with Gasteiger partial charge in [-0.2, -0.15) is 0 Å². The quantitative estimate of drug-likeness (QED) is 0.888. The highest BCUT2D eigenvalue weighted by Crippen LogP contribution is 2.36. The van der Waals surface area contributed by atoms with Crippen molar-refractivity contribution in [1.82, 2.24) is 0 Å². The molecular weight excluding hydrogens is 314 g/mol. The van der Waals surface area contributed by atoms with Gasteiger partial charge in [-0.05, 0) is 41.7 Å². The van der Waals surface area contributed by atoms with Gasteiger partial charge < -0.3 is 10.0 Å². The van der Waals surface area contributed by atoms with E-state index in [-0.39, 0.29) is 6.61 Å². The van der Waals surface area contributed by atoms with E-state index in [9.17, 15) is 5.11 Å². The van der Waals surface area contributed by atoms with E-state index < -0.39 is 0 Å². The standard InChI is InChI=1S/C17H18BrNO/c1-12-8-13-4-2-3-5-17(13)19(10-12)15-7-6-14(11-20)16(18)9-15/h2-7,9,12,20H,8,10-11H2,1H3. The monoisotopic (exact) mass is 331 g/mol. The fraction of sp³-hybridized carbons (Fsp3) is 0.294. The number of benzene rings is 2. The van der Waals surface area contributed by atoms with Crippen LogP contribution in [0.25, 0.3) is 0 Å². The van der Waals surface area contributed by atoms with Gasteiger partial charge in [0.25, 0.3) is 0 Å². The highest BCUT2D eigenvalue weighted by molar-refractivity contribution is 9.10. The van der Waals surface area contributed by atoms with E-state index in [1.807, 2.05) is 6.07 Å². The van der Waals surface area contributed by atoms with Crippen molar-refractivity contribution >= 4 is 27.3 Å². The number of hydrogen-bond acceptors (Lipinski definition) is 2. The molecule has 2 aromatic carbocycles. The number of anilines is 2. The van der Waals surface area contributed by atoms with Crippen LogP contribution < -0.4 is 4.90 Å². The van der Waals surface area contributed by atoms with Crippen LogP contribution in [-0.2, 0) is 13.0 Å². The molecule has 0 bridgehead atoms. The number of aliphatic hydroxyl groups excluding tert-OH is 1. The minimum Gasteiger partial charge on any atom is -0.392 e. The fourth-order valence-corrected chi connectivity index (χ4v) is 3.37. The number of hydrogen-bond donors (Lipinski definition) is 1. The van der Waals surface area contributed by atoms with Crippen LogP contribution in [0.15, 0.2) is 46.9 Å². The Morgan fingerprint density at radius 2 is 2.05 bits per heavy atom. The maximum absolute atomic E-state index is 9.28. The van der Waals surface area contributed by atoms with Gasteiger partial charge in [0.05, 0.1) is 6.61 Å². The third kappa shape index (κ3) is 2.48. The van der Waals surface area contributed by atoms with Crippen LogP contribution in [0, 0.1) is 5.92 Å². The Bertz CT molecular complexity index is 626. The largest absolute Gasteiger partial charge is 0.392 e. The molecular formula is C17H18BrNO. The minimum atomic E-state index is 0.0633. The van der Waals surface area contributed by atoms with Gasteiger partial charge in [0, 0.05) is 22.4 Å². The van der Waals surface area contributed by atoms with Crippen molar-refractivity contribution in [3.05, 3.63) is 58.1 Å². The molecule has 2 nitrogen and oxygen atoms in total. The first-order valence-electron chi connectivity index (χ1n) is 6.93. The predicted octanol–water partition coefficient (Wildman–Crippen LogP) is 4.27. The normalized spacial score (nSPS) is 17.9. The first-order valence-corrected chi connectivity index (χ1v) is 7.73. The van der Waals surface area contributed by atoms with Crippen LogP contribution >= 0.6 is 15.9 Å². The summed E-state index contributed by atoms with van der Waals surface area (Å²) in [6, 6.07) is 14.8. The Morgan fingerprint density at radius 3 is 2.80 bits per heavy atom. The highest BCUT2D eigenvalue weighted by Gasteiger charge is 2.22. The molecule has 1 N–H and O–H groups in total. The summed E-state index contributed by atoms with van der Waals surface area (Å²) in [5.74, 6) is 0.640. The second-order valence-corrected chi connectivity index (χ2v) is 6.34. The average molecular weight is 332 g/mol. The molecule has 1 aliphatic heterocycles. The molecule has 0 radical (unpaired) electrons. The number of rotatable bonds is 2. The predicted molar refractivity (Wildman–Crippen MR) is 86.4 cm³/mol. The lowest BCUT2D eigenvalue weighted by molar-refractivity contribution is 0.281. The first-order chi connectivity index (χ1) is 9.69. The molecule has 0 spiro atoms. The second-order valence-electron chi connectivity index (χ2n) is 5.48. The van der Waals surface area contributed by atoms with Crippen molar-refractivity contribution in [3.8, 4) is 0 Å². The van der Waals surface area contributed by atoms with Gasteiger partial charge >= 0.3 is 0 Å². The SMILES string of the molecule is CC1Cc2ccccc2N(c2ccc(CO)c(Br)c2)C1. The van der Waals surface area contributed by atoms with Crippen LogP contribution in [0.1, 0.15) is 18.1 Å². The highest BCUT2D eigenvalue weighted by atomic mass is 79.9. The van der Waals surface area contributed by atoms with E-state index in [0.29, 0.717) is 5.92 Å². The summed E-state index contributed by atoms with van der Waals surface area (Å²) in [5, 5.41) is 9.28. The number of aliphatic hydroxyl groups is 1. The number of para-hydroxylation sites is 1. The first kappa shape index (κ1) is 13.7. The molecule has 104 valence electrons. The summed E-state index contributed by atoms with van der Waals surface area (Å²) in [7, 11) is 0. The second kappa shape index (κ2) is 5.58. The molecule has 1 unspecified atom stereocenters. The van der Waals surface area contributed by atoms with Gasteiger partial charge in [0.15, 0.2) is 0 Å². The maximum Gasteiger partial charge on any atom is 0.0692 e. The lowest BCUT2D eigenvalue weighted by Crippen LogP contribution is -2.30. The van der Waals surface area contributed by atoms with Gasteiger partial charge in [-0.15, -0.1) is 0 Å². The molecule has 0 fully saturated rings. The molecule has 0 saturated carbocycles. The van der Waals surface area contributed by atoms with Crippen molar-refractivity contribution < 1.29 is 5.11 Å². The van der Waals surface area contributed by atoms with Gasteiger partial charge in [-0.25, -0.2) is 0 Å². The molecule has 0 aromatic heterocycles. The minimum absolute atomic E-state index is 0.0633. The van der Waals surface area contributed by atoms with Crippen molar-refractivity contribution in [2.75, 3.05) is 11.4 Å². The Kier molecular flexibility index (Phi) is 3.81. The number of nitrogens with zero attached hydrogens (tertiary/aromatic N) is 1. The van der Waals surface area contributed by atoms with Crippen molar-refractivity contribution in [3.63, 3.8) is 0 Å². The number of fused-ring (bicyclic) bond motifs is 1. The zero-order valence-electron chi connectivity index (χ0n) is 11.5. The molecule has 0 aliphatic carbocycles. The molecule has 2 aromatic rings. The molecule has 3 rings (SSSR count). The van der Waals surface area contributed by atoms with Gasteiger partial charge in [-0.1, -0.05) is 47.1 Å². The molecule has 1 atom stereocenters. The van der Waals surface area contributed by atoms with Crippen LogP contribution in [0.5, 0.6) is 0 Å². The Hall–Kier alpha value is -1.32. The van der Waals surface area contributed by atoms with Gasteiger partial charge in [0.2, 0.25) is 0 Å². The zero-order valence-corrected chi connectivity index (χ0v) is 13.1. The number of halogens is 1. The Balaban J connectivity index is 2.04. The third-order valence-corrected chi connectivity index (χ3v) is 4.60. The van der Waals surface area contributed by atoms with Crippen LogP contribution in [0.4, 0.5) is 11.4 Å². The summed E-state index contributed by atoms with van der Waals surface area (Å²) in [4.78, 5) is 2.37. The Morgan fingerprint density at radius 1 is 1.25 bits per heavy atom. The molecule has 20 heavy (non-hydrogen) atoms. The molecule has 0 saturated heterocycles. The van der Waals surface area contributed by atoms with Gasteiger partial charge in [0.1, 0.15) is 0 Å². The van der Waals surface area contributed by atoms with E-state index in [1.165, 1.54) is 16.9 Å². The molecule has 3 heteroatoms. The molecule has 1 heterocycles.